The summed E-state index contributed by atoms with van der Waals surface area (Å²) in [4.78, 5) is 62.1. The maximum atomic E-state index is 12.9. The van der Waals surface area contributed by atoms with Crippen molar-refractivity contribution >= 4 is 70.0 Å². The van der Waals surface area contributed by atoms with Crippen LogP contribution in [-0.4, -0.2) is 94.7 Å². The molecule has 0 bridgehead atoms. The third kappa shape index (κ3) is 6.75. The third-order valence-corrected chi connectivity index (χ3v) is 7.25. The first kappa shape index (κ1) is 29.5. The molecule has 0 saturated carbocycles. The summed E-state index contributed by atoms with van der Waals surface area (Å²) in [5.41, 5.74) is 0.239. The van der Waals surface area contributed by atoms with Crippen molar-refractivity contribution in [2.45, 2.75) is 32.2 Å². The maximum Gasteiger partial charge on any atom is 0.354 e. The molecule has 0 radical (unpaired) electrons. The van der Waals surface area contributed by atoms with Crippen LogP contribution in [0.15, 0.2) is 22.3 Å². The number of hydrogen-bond donors (Lipinski definition) is 2. The number of oxime groups is 1. The Morgan fingerprint density at radius 3 is 2.67 bits per heavy atom. The van der Waals surface area contributed by atoms with E-state index in [1.807, 2.05) is 13.8 Å². The molecule has 2 N–H and O–H groups in total. The molecule has 2 unspecified atom stereocenters. The second-order valence-electron chi connectivity index (χ2n) is 7.48. The van der Waals surface area contributed by atoms with E-state index in [4.69, 9.17) is 9.57 Å². The van der Waals surface area contributed by atoms with E-state index in [1.165, 1.54) is 30.7 Å². The summed E-state index contributed by atoms with van der Waals surface area (Å²) in [5.74, 6) is -1.45. The first-order valence-corrected chi connectivity index (χ1v) is 12.9. The molecule has 15 heteroatoms. The standard InChI is InChI=1S/C21H28N6O6S2.ClH/c1-5-26(6-2)8-9-33-20(31)14-7-10-34-19-16(18(30)27(14)19)24-17(29)15(25-32-4)13-11-35-21(23-13)22-12(3)28;/h7,11,16,19H,5-6,8-10H2,1-4H3,(H,24,29)(H,22,23,28);1H/b25-15+;. The van der Waals surface area contributed by atoms with Crippen molar-refractivity contribution in [2.24, 2.45) is 5.16 Å². The average Bonchev–Trinajstić information content (AvgIpc) is 3.29. The molecule has 3 rings (SSSR count). The number of rotatable bonds is 11. The van der Waals surface area contributed by atoms with Gasteiger partial charge in [0.1, 0.15) is 36.5 Å². The van der Waals surface area contributed by atoms with Crippen molar-refractivity contribution in [1.29, 1.82) is 0 Å². The minimum atomic E-state index is -0.852. The fraction of sp³-hybridized carbons (Fsp3) is 0.524. The molecule has 3 amide bonds. The minimum Gasteiger partial charge on any atom is -0.460 e. The number of hydrogen-bond acceptors (Lipinski definition) is 11. The SMILES string of the molecule is CCN(CC)CCOC(=O)C1=CCSC2C(NC(=O)/C(=N/OC)c3csc(NC(C)=O)n3)C(=O)N12.Cl. The number of fused-ring (bicyclic) bond motifs is 1. The Hall–Kier alpha value is -2.68. The van der Waals surface area contributed by atoms with E-state index in [0.29, 0.717) is 17.4 Å². The summed E-state index contributed by atoms with van der Waals surface area (Å²) < 4.78 is 5.38. The quantitative estimate of drug-likeness (QED) is 0.176. The number of halogens is 1. The van der Waals surface area contributed by atoms with E-state index in [-0.39, 0.29) is 42.0 Å². The smallest absolute Gasteiger partial charge is 0.354 e. The molecular formula is C21H29ClN6O6S2. The first-order valence-electron chi connectivity index (χ1n) is 11.0. The van der Waals surface area contributed by atoms with Gasteiger partial charge in [0, 0.05) is 24.6 Å². The van der Waals surface area contributed by atoms with Crippen LogP contribution >= 0.6 is 35.5 Å². The van der Waals surface area contributed by atoms with Gasteiger partial charge in [-0.15, -0.1) is 35.5 Å². The van der Waals surface area contributed by atoms with Gasteiger partial charge in [0.2, 0.25) is 5.91 Å². The number of likely N-dealkylation sites (N-methyl/N-ethyl adjacent to an activating group) is 1. The molecule has 0 spiro atoms. The van der Waals surface area contributed by atoms with E-state index in [0.717, 1.165) is 24.4 Å². The molecule has 2 aliphatic rings. The number of aromatic nitrogens is 1. The van der Waals surface area contributed by atoms with Crippen LogP contribution in [0.2, 0.25) is 0 Å². The lowest BCUT2D eigenvalue weighted by atomic mass is 10.0. The summed E-state index contributed by atoms with van der Waals surface area (Å²) in [6.45, 7) is 7.95. The van der Waals surface area contributed by atoms with Crippen molar-refractivity contribution in [3.05, 3.63) is 22.8 Å². The number of carbonyl (C=O) groups is 4. The van der Waals surface area contributed by atoms with Crippen molar-refractivity contribution in [2.75, 3.05) is 44.4 Å². The highest BCUT2D eigenvalue weighted by Crippen LogP contribution is 2.37. The number of nitrogens with zero attached hydrogens (tertiary/aromatic N) is 4. The summed E-state index contributed by atoms with van der Waals surface area (Å²) in [6, 6.07) is -0.852. The van der Waals surface area contributed by atoms with Gasteiger partial charge in [-0.3, -0.25) is 19.3 Å². The minimum absolute atomic E-state index is 0. The van der Waals surface area contributed by atoms with Gasteiger partial charge in [0.15, 0.2) is 10.8 Å². The van der Waals surface area contributed by atoms with Gasteiger partial charge in [-0.05, 0) is 19.2 Å². The Balaban J connectivity index is 0.00000456. The molecule has 1 saturated heterocycles. The maximum absolute atomic E-state index is 12.9. The number of amides is 3. The summed E-state index contributed by atoms with van der Waals surface area (Å²) in [5, 5.41) is 10.3. The predicted octanol–water partition coefficient (Wildman–Crippen LogP) is 1.04. The number of anilines is 1. The molecule has 2 aliphatic heterocycles. The monoisotopic (exact) mass is 560 g/mol. The Morgan fingerprint density at radius 1 is 1.31 bits per heavy atom. The van der Waals surface area contributed by atoms with E-state index in [1.54, 1.807) is 11.5 Å². The van der Waals surface area contributed by atoms with Gasteiger partial charge in [-0.25, -0.2) is 9.78 Å². The van der Waals surface area contributed by atoms with Crippen molar-refractivity contribution in [3.8, 4) is 0 Å². The number of β-lactam (4-membered cyclic amide) rings is 1. The predicted molar refractivity (Wildman–Crippen MR) is 139 cm³/mol. The van der Waals surface area contributed by atoms with Crippen molar-refractivity contribution < 1.29 is 28.8 Å². The Labute approximate surface area is 223 Å². The van der Waals surface area contributed by atoms with Gasteiger partial charge in [-0.1, -0.05) is 19.0 Å². The number of esters is 1. The Bertz CT molecular complexity index is 1040. The first-order chi connectivity index (χ1) is 16.8. The zero-order chi connectivity index (χ0) is 25.5. The van der Waals surface area contributed by atoms with E-state index in [2.05, 4.69) is 25.7 Å². The lowest BCUT2D eigenvalue weighted by Crippen LogP contribution is -2.70. The van der Waals surface area contributed by atoms with Crippen LogP contribution < -0.4 is 10.6 Å². The van der Waals surface area contributed by atoms with Gasteiger partial charge in [0.25, 0.3) is 11.8 Å². The van der Waals surface area contributed by atoms with Crippen LogP contribution in [0.3, 0.4) is 0 Å². The zero-order valence-electron chi connectivity index (χ0n) is 20.3. The van der Waals surface area contributed by atoms with Crippen molar-refractivity contribution in [3.63, 3.8) is 0 Å². The van der Waals surface area contributed by atoms with Crippen LogP contribution in [0.25, 0.3) is 0 Å². The topological polar surface area (TPSA) is 143 Å². The summed E-state index contributed by atoms with van der Waals surface area (Å²) >= 11 is 2.54. The molecule has 1 fully saturated rings. The molecule has 3 heterocycles. The highest BCUT2D eigenvalue weighted by Gasteiger charge is 2.53. The molecule has 1 aromatic heterocycles. The molecule has 36 heavy (non-hydrogen) atoms. The van der Waals surface area contributed by atoms with Crippen LogP contribution in [0.5, 0.6) is 0 Å². The van der Waals surface area contributed by atoms with Crippen LogP contribution in [0.4, 0.5) is 5.13 Å². The van der Waals surface area contributed by atoms with Gasteiger partial charge in [0.05, 0.1) is 0 Å². The molecule has 2 atom stereocenters. The number of thiazole rings is 1. The van der Waals surface area contributed by atoms with Crippen LogP contribution in [-0.2, 0) is 28.8 Å². The molecule has 1 aromatic rings. The van der Waals surface area contributed by atoms with Crippen LogP contribution in [0.1, 0.15) is 26.5 Å². The van der Waals surface area contributed by atoms with Gasteiger partial charge in [-0.2, -0.15) is 0 Å². The second-order valence-corrected chi connectivity index (χ2v) is 9.48. The molecule has 12 nitrogen and oxygen atoms in total. The summed E-state index contributed by atoms with van der Waals surface area (Å²) in [7, 11) is 1.28. The fourth-order valence-electron chi connectivity index (χ4n) is 3.51. The van der Waals surface area contributed by atoms with Crippen molar-refractivity contribution in [1.82, 2.24) is 20.1 Å². The number of thioether (sulfide) groups is 1. The Kier molecular flexibility index (Phi) is 11.1. The lowest BCUT2D eigenvalue weighted by molar-refractivity contribution is -0.152. The zero-order valence-corrected chi connectivity index (χ0v) is 22.8. The van der Waals surface area contributed by atoms with Gasteiger partial charge >= 0.3 is 5.97 Å². The fourth-order valence-corrected chi connectivity index (χ4v) is 5.44. The van der Waals surface area contributed by atoms with Gasteiger partial charge < -0.3 is 25.1 Å². The molecule has 0 aliphatic carbocycles. The molecular weight excluding hydrogens is 532 g/mol. The average molecular weight is 561 g/mol. The third-order valence-electron chi connectivity index (χ3n) is 5.30. The number of carbonyl (C=O) groups excluding carboxylic acids is 4. The molecule has 198 valence electrons. The van der Waals surface area contributed by atoms with Crippen LogP contribution in [0, 0.1) is 0 Å². The largest absolute Gasteiger partial charge is 0.460 e. The lowest BCUT2D eigenvalue weighted by Gasteiger charge is -2.48. The second kappa shape index (κ2) is 13.6. The highest BCUT2D eigenvalue weighted by molar-refractivity contribution is 8.00. The van der Waals surface area contributed by atoms with E-state index >= 15 is 0 Å². The van der Waals surface area contributed by atoms with E-state index < -0.39 is 29.2 Å². The Morgan fingerprint density at radius 2 is 2.03 bits per heavy atom. The highest BCUT2D eigenvalue weighted by atomic mass is 35.5. The number of ether oxygens (including phenoxy) is 1. The van der Waals surface area contributed by atoms with E-state index in [9.17, 15) is 19.2 Å². The normalized spacial score (nSPS) is 18.9. The summed E-state index contributed by atoms with van der Waals surface area (Å²) in [6.07, 6.45) is 1.66. The molecule has 0 aromatic carbocycles. The number of nitrogens with one attached hydrogen (secondary N) is 2.